The summed E-state index contributed by atoms with van der Waals surface area (Å²) in [6.45, 7) is 2.15. The van der Waals surface area contributed by atoms with Crippen molar-refractivity contribution in [3.63, 3.8) is 0 Å². The number of hydrogen-bond donors (Lipinski definition) is 0. The third-order valence-electron chi connectivity index (χ3n) is 2.72. The van der Waals surface area contributed by atoms with Gasteiger partial charge in [-0.1, -0.05) is 11.8 Å². The highest BCUT2D eigenvalue weighted by atomic mass is 127. The largest absolute Gasteiger partial charge is 0.496 e. The van der Waals surface area contributed by atoms with Crippen LogP contribution in [0.4, 0.5) is 0 Å². The molecule has 0 aliphatic heterocycles. The molecule has 0 radical (unpaired) electrons. The summed E-state index contributed by atoms with van der Waals surface area (Å²) in [5, 5.41) is 0. The van der Waals surface area contributed by atoms with Crippen molar-refractivity contribution in [3.8, 4) is 5.75 Å². The van der Waals surface area contributed by atoms with Crippen molar-refractivity contribution in [2.24, 2.45) is 0 Å². The zero-order valence-electron chi connectivity index (χ0n) is 11.8. The minimum atomic E-state index is -0.332. The quantitative estimate of drug-likeness (QED) is 0.528. The molecule has 0 atom stereocenters. The highest BCUT2D eigenvalue weighted by molar-refractivity contribution is 14.1. The van der Waals surface area contributed by atoms with E-state index in [4.69, 9.17) is 9.47 Å². The van der Waals surface area contributed by atoms with E-state index < -0.39 is 0 Å². The molecule has 2 aromatic rings. The Balaban J connectivity index is 2.23. The lowest BCUT2D eigenvalue weighted by atomic mass is 10.2. The number of carbonyl (C=O) groups excluding carboxylic acids is 1. The molecule has 0 fully saturated rings. The molecule has 3 nitrogen and oxygen atoms in total. The van der Waals surface area contributed by atoms with E-state index >= 15 is 0 Å². The summed E-state index contributed by atoms with van der Waals surface area (Å²) >= 11 is 3.88. The second-order valence-electron chi connectivity index (χ2n) is 4.14. The van der Waals surface area contributed by atoms with Crippen LogP contribution >= 0.6 is 34.4 Å². The zero-order chi connectivity index (χ0) is 15.2. The predicted octanol–water partition coefficient (Wildman–Crippen LogP) is 4.63. The topological polar surface area (TPSA) is 35.5 Å². The third kappa shape index (κ3) is 4.38. The lowest BCUT2D eigenvalue weighted by Crippen LogP contribution is -2.04. The number of esters is 1. The van der Waals surface area contributed by atoms with Crippen molar-refractivity contribution in [1.29, 1.82) is 0 Å². The predicted molar refractivity (Wildman–Crippen MR) is 92.2 cm³/mol. The first-order valence-electron chi connectivity index (χ1n) is 6.42. The second-order valence-corrected chi connectivity index (χ2v) is 6.50. The molecule has 0 aromatic heterocycles. The Bertz CT molecular complexity index is 626. The van der Waals surface area contributed by atoms with Crippen molar-refractivity contribution in [2.75, 3.05) is 13.7 Å². The van der Waals surface area contributed by atoms with Crippen LogP contribution in [0.5, 0.6) is 5.75 Å². The van der Waals surface area contributed by atoms with Gasteiger partial charge in [0.25, 0.3) is 0 Å². The molecule has 0 N–H and O–H groups in total. The Morgan fingerprint density at radius 3 is 2.52 bits per heavy atom. The summed E-state index contributed by atoms with van der Waals surface area (Å²) in [6.07, 6.45) is 0. The molecule has 2 aromatic carbocycles. The van der Waals surface area contributed by atoms with Gasteiger partial charge in [-0.05, 0) is 72.0 Å². The third-order valence-corrected chi connectivity index (χ3v) is 4.50. The van der Waals surface area contributed by atoms with Gasteiger partial charge < -0.3 is 9.47 Å². The van der Waals surface area contributed by atoms with Crippen molar-refractivity contribution in [1.82, 2.24) is 0 Å². The van der Waals surface area contributed by atoms with Gasteiger partial charge in [0.1, 0.15) is 5.75 Å². The minimum absolute atomic E-state index is 0.332. The first-order valence-corrected chi connectivity index (χ1v) is 8.32. The summed E-state index contributed by atoms with van der Waals surface area (Å²) < 4.78 is 11.6. The molecule has 5 heteroatoms. The fraction of sp³-hybridized carbons (Fsp3) is 0.188. The molecule has 0 spiro atoms. The number of ether oxygens (including phenoxy) is 2. The van der Waals surface area contributed by atoms with E-state index in [2.05, 4.69) is 46.9 Å². The number of methoxy groups -OCH3 is 1. The number of carbonyl (C=O) groups is 1. The molecule has 110 valence electrons. The van der Waals surface area contributed by atoms with Gasteiger partial charge in [-0.15, -0.1) is 0 Å². The molecular formula is C16H15IO3S. The van der Waals surface area contributed by atoms with Crippen LogP contribution < -0.4 is 4.74 Å². The van der Waals surface area contributed by atoms with Crippen molar-refractivity contribution >= 4 is 40.3 Å². The van der Waals surface area contributed by atoms with Crippen LogP contribution in [0.15, 0.2) is 52.3 Å². The fourth-order valence-corrected chi connectivity index (χ4v) is 2.99. The average molecular weight is 414 g/mol. The van der Waals surface area contributed by atoms with Gasteiger partial charge in [-0.3, -0.25) is 0 Å². The number of halogens is 1. The van der Waals surface area contributed by atoms with Gasteiger partial charge in [-0.2, -0.15) is 0 Å². The number of rotatable bonds is 5. The number of hydrogen-bond acceptors (Lipinski definition) is 4. The molecular weight excluding hydrogens is 399 g/mol. The molecule has 0 aliphatic carbocycles. The van der Waals surface area contributed by atoms with Crippen LogP contribution in [0.2, 0.25) is 0 Å². The lowest BCUT2D eigenvalue weighted by Gasteiger charge is -2.10. The Morgan fingerprint density at radius 1 is 1.19 bits per heavy atom. The molecule has 0 bridgehead atoms. The molecule has 0 amide bonds. The van der Waals surface area contributed by atoms with Crippen LogP contribution in [-0.2, 0) is 4.74 Å². The summed E-state index contributed by atoms with van der Waals surface area (Å²) in [7, 11) is 1.60. The maximum absolute atomic E-state index is 11.7. The van der Waals surface area contributed by atoms with Crippen LogP contribution in [0.3, 0.4) is 0 Å². The first kappa shape index (κ1) is 16.2. The van der Waals surface area contributed by atoms with Crippen LogP contribution in [-0.4, -0.2) is 19.7 Å². The highest BCUT2D eigenvalue weighted by Gasteiger charge is 2.12. The summed E-state index contributed by atoms with van der Waals surface area (Å²) in [4.78, 5) is 13.8. The highest BCUT2D eigenvalue weighted by Crippen LogP contribution is 2.35. The molecule has 0 saturated carbocycles. The van der Waals surface area contributed by atoms with Crippen LogP contribution in [0.1, 0.15) is 17.3 Å². The Hall–Kier alpha value is -1.21. The fourth-order valence-electron chi connectivity index (χ4n) is 1.72. The van der Waals surface area contributed by atoms with Gasteiger partial charge in [0, 0.05) is 8.47 Å². The summed E-state index contributed by atoms with van der Waals surface area (Å²) in [5.41, 5.74) is 0.501. The van der Waals surface area contributed by atoms with E-state index in [1.165, 1.54) is 3.57 Å². The maximum atomic E-state index is 11.7. The molecule has 0 heterocycles. The second kappa shape index (κ2) is 7.70. The van der Waals surface area contributed by atoms with Gasteiger partial charge in [-0.25, -0.2) is 4.79 Å². The Labute approximate surface area is 142 Å². The van der Waals surface area contributed by atoms with Gasteiger partial charge >= 0.3 is 5.97 Å². The number of benzene rings is 2. The van der Waals surface area contributed by atoms with Crippen molar-refractivity contribution in [2.45, 2.75) is 16.7 Å². The molecule has 0 saturated heterocycles. The molecule has 2 rings (SSSR count). The van der Waals surface area contributed by atoms with E-state index in [1.54, 1.807) is 37.9 Å². The van der Waals surface area contributed by atoms with E-state index in [1.807, 2.05) is 6.07 Å². The zero-order valence-corrected chi connectivity index (χ0v) is 14.7. The average Bonchev–Trinajstić information content (AvgIpc) is 2.50. The van der Waals surface area contributed by atoms with Gasteiger partial charge in [0.05, 0.1) is 24.2 Å². The monoisotopic (exact) mass is 414 g/mol. The molecule has 0 unspecified atom stereocenters. The standard InChI is InChI=1S/C16H15IO3S/c1-3-20-16(18)11-4-9-15(14(10-11)19-2)21-13-7-5-12(17)6-8-13/h4-10H,3H2,1-2H3. The van der Waals surface area contributed by atoms with E-state index in [0.717, 1.165) is 9.79 Å². The van der Waals surface area contributed by atoms with Crippen molar-refractivity contribution < 1.29 is 14.3 Å². The smallest absolute Gasteiger partial charge is 0.338 e. The van der Waals surface area contributed by atoms with Gasteiger partial charge in [0.2, 0.25) is 0 Å². The summed E-state index contributed by atoms with van der Waals surface area (Å²) in [6, 6.07) is 13.6. The van der Waals surface area contributed by atoms with E-state index in [-0.39, 0.29) is 5.97 Å². The minimum Gasteiger partial charge on any atom is -0.496 e. The van der Waals surface area contributed by atoms with Gasteiger partial charge in [0.15, 0.2) is 0 Å². The maximum Gasteiger partial charge on any atom is 0.338 e. The van der Waals surface area contributed by atoms with Crippen LogP contribution in [0.25, 0.3) is 0 Å². The summed E-state index contributed by atoms with van der Waals surface area (Å²) in [5.74, 6) is 0.339. The van der Waals surface area contributed by atoms with Crippen LogP contribution in [0, 0.1) is 3.57 Å². The van der Waals surface area contributed by atoms with Crippen molar-refractivity contribution in [3.05, 3.63) is 51.6 Å². The van der Waals surface area contributed by atoms with E-state index in [9.17, 15) is 4.79 Å². The lowest BCUT2D eigenvalue weighted by molar-refractivity contribution is 0.0526. The Kier molecular flexibility index (Phi) is 5.93. The Morgan fingerprint density at radius 2 is 1.90 bits per heavy atom. The molecule has 0 aliphatic rings. The van der Waals surface area contributed by atoms with E-state index in [0.29, 0.717) is 17.9 Å². The molecule has 21 heavy (non-hydrogen) atoms. The first-order chi connectivity index (χ1) is 10.1. The normalized spacial score (nSPS) is 10.2. The SMILES string of the molecule is CCOC(=O)c1ccc(Sc2ccc(I)cc2)c(OC)c1.